The first kappa shape index (κ1) is 13.0. The molecule has 0 spiro atoms. The Morgan fingerprint density at radius 1 is 1.47 bits per heavy atom. The van der Waals surface area contributed by atoms with E-state index in [0.29, 0.717) is 12.2 Å². The van der Waals surface area contributed by atoms with Gasteiger partial charge in [-0.1, -0.05) is 12.1 Å². The quantitative estimate of drug-likeness (QED) is 0.750. The van der Waals surface area contributed by atoms with Crippen molar-refractivity contribution in [2.24, 2.45) is 0 Å². The van der Waals surface area contributed by atoms with Crippen LogP contribution in [0.3, 0.4) is 0 Å². The van der Waals surface area contributed by atoms with Gasteiger partial charge in [0, 0.05) is 12.7 Å². The van der Waals surface area contributed by atoms with Crippen LogP contribution >= 0.6 is 0 Å². The summed E-state index contributed by atoms with van der Waals surface area (Å²) < 4.78 is 4.98. The van der Waals surface area contributed by atoms with Gasteiger partial charge in [0.2, 0.25) is 5.91 Å². The number of imide groups is 1. The molecule has 0 aromatic heterocycles. The molecule has 4 amide bonds. The predicted octanol–water partition coefficient (Wildman–Crippen LogP) is 0.0296. The van der Waals surface area contributed by atoms with Gasteiger partial charge in [-0.2, -0.15) is 0 Å². The Morgan fingerprint density at radius 2 is 2.26 bits per heavy atom. The Balaban J connectivity index is 2.05. The van der Waals surface area contributed by atoms with Crippen molar-refractivity contribution in [3.8, 4) is 0 Å². The molecular weight excluding hydrogens is 250 g/mol. The molecule has 2 N–H and O–H groups in total. The van der Waals surface area contributed by atoms with Crippen LogP contribution in [0.4, 0.5) is 4.79 Å². The van der Waals surface area contributed by atoms with E-state index in [4.69, 9.17) is 4.74 Å². The number of rotatable bonds is 4. The molecule has 0 radical (unpaired) electrons. The second kappa shape index (κ2) is 5.49. The van der Waals surface area contributed by atoms with Crippen LogP contribution in [0.1, 0.15) is 15.9 Å². The van der Waals surface area contributed by atoms with Crippen molar-refractivity contribution in [3.63, 3.8) is 0 Å². The summed E-state index contributed by atoms with van der Waals surface area (Å²) in [6.07, 6.45) is 0. The first-order valence-electron chi connectivity index (χ1n) is 5.60. The highest BCUT2D eigenvalue weighted by molar-refractivity contribution is 6.04. The lowest BCUT2D eigenvalue weighted by Gasteiger charge is -2.14. The normalized spacial score (nSPS) is 14.5. The minimum Gasteiger partial charge on any atom is -0.380 e. The average Bonchev–Trinajstić information content (AvgIpc) is 2.68. The molecular formula is C12H13N3O4. The van der Waals surface area contributed by atoms with E-state index in [9.17, 15) is 14.4 Å². The largest absolute Gasteiger partial charge is 0.380 e. The number of amides is 4. The molecule has 1 heterocycles. The molecule has 0 saturated carbocycles. The highest BCUT2D eigenvalue weighted by Gasteiger charge is 2.28. The van der Waals surface area contributed by atoms with Gasteiger partial charge in [-0.25, -0.2) is 9.80 Å². The number of hydrogen-bond donors (Lipinski definition) is 2. The van der Waals surface area contributed by atoms with Gasteiger partial charge in [-0.15, -0.1) is 0 Å². The highest BCUT2D eigenvalue weighted by Crippen LogP contribution is 2.07. The lowest BCUT2D eigenvalue weighted by atomic mass is 10.1. The Bertz CT molecular complexity index is 529. The minimum atomic E-state index is -0.633. The molecule has 0 atom stereocenters. The van der Waals surface area contributed by atoms with Gasteiger partial charge in [-0.05, 0) is 17.7 Å². The number of carbonyl (C=O) groups excluding carboxylic acids is 3. The lowest BCUT2D eigenvalue weighted by molar-refractivity contribution is -0.118. The highest BCUT2D eigenvalue weighted by atomic mass is 16.5. The molecule has 1 aliphatic heterocycles. The maximum Gasteiger partial charge on any atom is 0.343 e. The zero-order chi connectivity index (χ0) is 13.8. The molecule has 1 aliphatic rings. The summed E-state index contributed by atoms with van der Waals surface area (Å²) in [6.45, 7) is 0.214. The van der Waals surface area contributed by atoms with Crippen molar-refractivity contribution in [2.75, 3.05) is 13.7 Å². The zero-order valence-corrected chi connectivity index (χ0v) is 10.3. The predicted molar refractivity (Wildman–Crippen MR) is 64.9 cm³/mol. The van der Waals surface area contributed by atoms with Crippen LogP contribution in [0.25, 0.3) is 0 Å². The second-order valence-corrected chi connectivity index (χ2v) is 4.01. The summed E-state index contributed by atoms with van der Waals surface area (Å²) in [4.78, 5) is 34.2. The summed E-state index contributed by atoms with van der Waals surface area (Å²) in [6, 6.07) is 6.19. The maximum absolute atomic E-state index is 11.9. The molecule has 1 fully saturated rings. The van der Waals surface area contributed by atoms with Gasteiger partial charge in [0.1, 0.15) is 6.54 Å². The first-order chi connectivity index (χ1) is 9.10. The number of nitrogens with zero attached hydrogens (tertiary/aromatic N) is 1. The topological polar surface area (TPSA) is 87.7 Å². The second-order valence-electron chi connectivity index (χ2n) is 4.01. The van der Waals surface area contributed by atoms with Crippen LogP contribution in [0.15, 0.2) is 24.3 Å². The van der Waals surface area contributed by atoms with Crippen molar-refractivity contribution in [2.45, 2.75) is 6.61 Å². The molecule has 19 heavy (non-hydrogen) atoms. The number of nitrogens with one attached hydrogen (secondary N) is 2. The summed E-state index contributed by atoms with van der Waals surface area (Å²) in [5.74, 6) is -0.902. The van der Waals surface area contributed by atoms with Crippen molar-refractivity contribution in [1.29, 1.82) is 0 Å². The van der Waals surface area contributed by atoms with E-state index >= 15 is 0 Å². The van der Waals surface area contributed by atoms with Crippen LogP contribution in [-0.4, -0.2) is 36.5 Å². The van der Waals surface area contributed by atoms with Crippen molar-refractivity contribution in [1.82, 2.24) is 15.8 Å². The molecule has 1 saturated heterocycles. The van der Waals surface area contributed by atoms with Crippen molar-refractivity contribution >= 4 is 17.8 Å². The fourth-order valence-corrected chi connectivity index (χ4v) is 1.69. The average molecular weight is 263 g/mol. The van der Waals surface area contributed by atoms with E-state index in [1.54, 1.807) is 25.3 Å². The lowest BCUT2D eigenvalue weighted by Crippen LogP contribution is -2.44. The summed E-state index contributed by atoms with van der Waals surface area (Å²) in [5.41, 5.74) is 3.60. The van der Waals surface area contributed by atoms with Crippen LogP contribution in [-0.2, 0) is 16.1 Å². The number of hydrazine groups is 1. The van der Waals surface area contributed by atoms with E-state index in [0.717, 1.165) is 10.6 Å². The molecule has 1 aromatic carbocycles. The third kappa shape index (κ3) is 3.08. The van der Waals surface area contributed by atoms with Crippen LogP contribution in [0.5, 0.6) is 0 Å². The fraction of sp³-hybridized carbons (Fsp3) is 0.250. The van der Waals surface area contributed by atoms with Gasteiger partial charge in [0.15, 0.2) is 0 Å². The number of methoxy groups -OCH3 is 1. The number of urea groups is 1. The van der Waals surface area contributed by atoms with E-state index in [1.165, 1.54) is 0 Å². The van der Waals surface area contributed by atoms with E-state index < -0.39 is 17.8 Å². The smallest absolute Gasteiger partial charge is 0.343 e. The molecule has 2 rings (SSSR count). The maximum atomic E-state index is 11.9. The molecule has 0 bridgehead atoms. The summed E-state index contributed by atoms with van der Waals surface area (Å²) >= 11 is 0. The van der Waals surface area contributed by atoms with E-state index in [2.05, 4.69) is 10.7 Å². The molecule has 7 nitrogen and oxygen atoms in total. The molecule has 0 unspecified atom stereocenters. The first-order valence-corrected chi connectivity index (χ1v) is 5.60. The third-order valence-corrected chi connectivity index (χ3v) is 2.53. The van der Waals surface area contributed by atoms with E-state index in [-0.39, 0.29) is 6.54 Å². The van der Waals surface area contributed by atoms with Crippen LogP contribution < -0.4 is 10.7 Å². The van der Waals surface area contributed by atoms with Crippen molar-refractivity contribution < 1.29 is 19.1 Å². The number of ether oxygens (including phenoxy) is 1. The zero-order valence-electron chi connectivity index (χ0n) is 10.3. The number of benzene rings is 1. The number of hydrogen-bond acceptors (Lipinski definition) is 4. The third-order valence-electron chi connectivity index (χ3n) is 2.53. The van der Waals surface area contributed by atoms with Gasteiger partial charge in [0.25, 0.3) is 5.91 Å². The Hall–Kier alpha value is -2.41. The monoisotopic (exact) mass is 263 g/mol. The molecule has 1 aromatic rings. The Morgan fingerprint density at radius 3 is 2.89 bits per heavy atom. The molecule has 7 heteroatoms. The SMILES string of the molecule is COCc1cccc(C(=O)NN2CC(=O)NC2=O)c1. The van der Waals surface area contributed by atoms with Gasteiger partial charge in [-0.3, -0.25) is 20.3 Å². The summed E-state index contributed by atoms with van der Waals surface area (Å²) in [7, 11) is 1.56. The van der Waals surface area contributed by atoms with Gasteiger partial charge < -0.3 is 4.74 Å². The Kier molecular flexibility index (Phi) is 3.76. The van der Waals surface area contributed by atoms with Crippen LogP contribution in [0, 0.1) is 0 Å². The molecule has 0 aliphatic carbocycles. The Labute approximate surface area is 109 Å². The standard InChI is InChI=1S/C12H13N3O4/c1-19-7-8-3-2-4-9(5-8)11(17)14-15-6-10(16)13-12(15)18/h2-5H,6-7H2,1H3,(H,14,17)(H,13,16,18). The van der Waals surface area contributed by atoms with Gasteiger partial charge in [0.05, 0.1) is 6.61 Å². The molecule has 100 valence electrons. The van der Waals surface area contributed by atoms with Crippen LogP contribution in [0.2, 0.25) is 0 Å². The summed E-state index contributed by atoms with van der Waals surface area (Å²) in [5, 5.41) is 3.01. The van der Waals surface area contributed by atoms with Gasteiger partial charge >= 0.3 is 6.03 Å². The number of carbonyl (C=O) groups is 3. The fourth-order valence-electron chi connectivity index (χ4n) is 1.69. The van der Waals surface area contributed by atoms with E-state index in [1.807, 2.05) is 6.07 Å². The minimum absolute atomic E-state index is 0.178. The van der Waals surface area contributed by atoms with Crippen molar-refractivity contribution in [3.05, 3.63) is 35.4 Å².